The van der Waals surface area contributed by atoms with E-state index >= 15 is 0 Å². The summed E-state index contributed by atoms with van der Waals surface area (Å²) >= 11 is 0. The van der Waals surface area contributed by atoms with Crippen molar-refractivity contribution < 1.29 is 17.9 Å². The molecule has 0 aliphatic carbocycles. The minimum absolute atomic E-state index is 0.115. The van der Waals surface area contributed by atoms with Gasteiger partial charge < -0.3 is 9.64 Å². The fraction of sp³-hybridized carbons (Fsp3) is 0.588. The Morgan fingerprint density at radius 1 is 1.29 bits per heavy atom. The van der Waals surface area contributed by atoms with Gasteiger partial charge in [0.05, 0.1) is 17.6 Å². The Hall–Kier alpha value is -1.44. The molecule has 0 aliphatic heterocycles. The molecule has 1 N–H and O–H groups in total. The molecule has 0 aromatic heterocycles. The number of methoxy groups -OCH3 is 1. The smallest absolute Gasteiger partial charge is 0.337 e. The molecule has 0 bridgehead atoms. The minimum atomic E-state index is -3.64. The first-order valence-corrected chi connectivity index (χ1v) is 9.56. The van der Waals surface area contributed by atoms with Gasteiger partial charge in [0.1, 0.15) is 0 Å². The average Bonchev–Trinajstić information content (AvgIpc) is 2.53. The fourth-order valence-electron chi connectivity index (χ4n) is 2.16. The fourth-order valence-corrected chi connectivity index (χ4v) is 3.51. The summed E-state index contributed by atoms with van der Waals surface area (Å²) in [6, 6.07) is 5.00. The Bertz CT molecular complexity index is 657. The lowest BCUT2D eigenvalue weighted by molar-refractivity contribution is 0.0600. The number of aryl methyl sites for hydroxylation is 1. The Morgan fingerprint density at radius 3 is 2.54 bits per heavy atom. The normalized spacial score (nSPS) is 12.0. The summed E-state index contributed by atoms with van der Waals surface area (Å²) in [4.78, 5) is 13.9. The van der Waals surface area contributed by atoms with Crippen LogP contribution in [0.2, 0.25) is 0 Å². The van der Waals surface area contributed by atoms with Gasteiger partial charge in [-0.1, -0.05) is 6.07 Å². The molecule has 0 heterocycles. The van der Waals surface area contributed by atoms with Crippen LogP contribution in [0, 0.1) is 6.92 Å². The van der Waals surface area contributed by atoms with E-state index < -0.39 is 16.0 Å². The lowest BCUT2D eigenvalue weighted by atomic mass is 10.1. The van der Waals surface area contributed by atoms with Crippen molar-refractivity contribution in [3.8, 4) is 0 Å². The number of carbonyl (C=O) groups is 1. The number of hydrogen-bond acceptors (Lipinski definition) is 5. The van der Waals surface area contributed by atoms with Crippen molar-refractivity contribution in [2.75, 3.05) is 27.2 Å². The van der Waals surface area contributed by atoms with Crippen LogP contribution in [0.1, 0.15) is 42.6 Å². The molecule has 0 unspecified atom stereocenters. The lowest BCUT2D eigenvalue weighted by Gasteiger charge is -2.20. The first kappa shape index (κ1) is 20.6. The highest BCUT2D eigenvalue weighted by atomic mass is 32.2. The van der Waals surface area contributed by atoms with E-state index in [-0.39, 0.29) is 10.5 Å². The van der Waals surface area contributed by atoms with Crippen molar-refractivity contribution >= 4 is 16.0 Å². The van der Waals surface area contributed by atoms with Crippen LogP contribution in [0.5, 0.6) is 0 Å². The van der Waals surface area contributed by atoms with Crippen LogP contribution < -0.4 is 4.72 Å². The van der Waals surface area contributed by atoms with E-state index in [4.69, 9.17) is 0 Å². The number of nitrogens with one attached hydrogen (secondary N) is 1. The van der Waals surface area contributed by atoms with Gasteiger partial charge in [-0.3, -0.25) is 0 Å². The van der Waals surface area contributed by atoms with Crippen LogP contribution in [0.25, 0.3) is 0 Å². The largest absolute Gasteiger partial charge is 0.465 e. The molecule has 0 atom stereocenters. The van der Waals surface area contributed by atoms with Gasteiger partial charge in [-0.05, 0) is 64.9 Å². The molecule has 24 heavy (non-hydrogen) atoms. The Kier molecular flexibility index (Phi) is 7.86. The third kappa shape index (κ3) is 5.89. The third-order valence-electron chi connectivity index (χ3n) is 4.01. The Balaban J connectivity index is 2.67. The molecule has 1 rings (SSSR count). The van der Waals surface area contributed by atoms with Gasteiger partial charge in [-0.2, -0.15) is 0 Å². The van der Waals surface area contributed by atoms with Crippen molar-refractivity contribution in [3.05, 3.63) is 29.3 Å². The van der Waals surface area contributed by atoms with E-state index in [1.807, 2.05) is 0 Å². The number of rotatable bonds is 9. The summed E-state index contributed by atoms with van der Waals surface area (Å²) in [5.41, 5.74) is 0.816. The molecular formula is C17H28N2O4S. The lowest BCUT2D eigenvalue weighted by Crippen LogP contribution is -2.29. The highest BCUT2D eigenvalue weighted by Crippen LogP contribution is 2.17. The first-order chi connectivity index (χ1) is 11.2. The second-order valence-electron chi connectivity index (χ2n) is 6.15. The van der Waals surface area contributed by atoms with Crippen LogP contribution in [-0.2, 0) is 14.8 Å². The molecule has 0 fully saturated rings. The number of hydrogen-bond donors (Lipinski definition) is 1. The number of unbranched alkanes of at least 4 members (excludes halogenated alkanes) is 1. The standard InChI is InChI=1S/C17H28N2O4S/c1-13(2)19(4)11-7-6-10-18-24(21,22)16-12-15(17(20)23-5)9-8-14(16)3/h8-9,12-13,18H,6-7,10-11H2,1-5H3. The molecule has 6 nitrogen and oxygen atoms in total. The van der Waals surface area contributed by atoms with E-state index in [1.54, 1.807) is 19.1 Å². The molecule has 1 aromatic carbocycles. The molecule has 0 saturated heterocycles. The Labute approximate surface area is 145 Å². The highest BCUT2D eigenvalue weighted by molar-refractivity contribution is 7.89. The van der Waals surface area contributed by atoms with Gasteiger partial charge in [0.2, 0.25) is 10.0 Å². The van der Waals surface area contributed by atoms with Crippen molar-refractivity contribution in [1.82, 2.24) is 9.62 Å². The van der Waals surface area contributed by atoms with Gasteiger partial charge >= 0.3 is 5.97 Å². The van der Waals surface area contributed by atoms with E-state index in [0.29, 0.717) is 18.2 Å². The van der Waals surface area contributed by atoms with Gasteiger partial charge in [0, 0.05) is 12.6 Å². The van der Waals surface area contributed by atoms with Crippen molar-refractivity contribution in [2.45, 2.75) is 44.6 Å². The summed E-state index contributed by atoms with van der Waals surface area (Å²) in [5, 5.41) is 0. The topological polar surface area (TPSA) is 75.7 Å². The molecule has 0 amide bonds. The van der Waals surface area contributed by atoms with Gasteiger partial charge in [0.25, 0.3) is 0 Å². The molecule has 7 heteroatoms. The maximum Gasteiger partial charge on any atom is 0.337 e. The number of esters is 1. The summed E-state index contributed by atoms with van der Waals surface area (Å²) in [5.74, 6) is -0.553. The number of benzene rings is 1. The average molecular weight is 356 g/mol. The number of sulfonamides is 1. The summed E-state index contributed by atoms with van der Waals surface area (Å²) in [6.45, 7) is 7.25. The SMILES string of the molecule is COC(=O)c1ccc(C)c(S(=O)(=O)NCCCCN(C)C(C)C)c1. The monoisotopic (exact) mass is 356 g/mol. The molecule has 0 spiro atoms. The zero-order valence-electron chi connectivity index (χ0n) is 15.1. The second kappa shape index (κ2) is 9.15. The van der Waals surface area contributed by atoms with Gasteiger partial charge in [0.15, 0.2) is 0 Å². The number of carbonyl (C=O) groups excluding carboxylic acids is 1. The van der Waals surface area contributed by atoms with Crippen LogP contribution >= 0.6 is 0 Å². The van der Waals surface area contributed by atoms with Gasteiger partial charge in [-0.25, -0.2) is 17.9 Å². The van der Waals surface area contributed by atoms with Crippen LogP contribution in [0.15, 0.2) is 23.1 Å². The number of nitrogens with zero attached hydrogens (tertiary/aromatic N) is 1. The summed E-state index contributed by atoms with van der Waals surface area (Å²) in [7, 11) is -0.325. The third-order valence-corrected chi connectivity index (χ3v) is 5.61. The Morgan fingerprint density at radius 2 is 1.96 bits per heavy atom. The maximum absolute atomic E-state index is 12.4. The quantitative estimate of drug-likeness (QED) is 0.542. The molecule has 0 radical (unpaired) electrons. The van der Waals surface area contributed by atoms with Crippen molar-refractivity contribution in [1.29, 1.82) is 0 Å². The summed E-state index contributed by atoms with van der Waals surface area (Å²) in [6.07, 6.45) is 1.67. The van der Waals surface area contributed by atoms with E-state index in [0.717, 1.165) is 19.4 Å². The minimum Gasteiger partial charge on any atom is -0.465 e. The number of ether oxygens (including phenoxy) is 1. The first-order valence-electron chi connectivity index (χ1n) is 8.08. The molecular weight excluding hydrogens is 328 g/mol. The molecule has 136 valence electrons. The molecule has 1 aromatic rings. The highest BCUT2D eigenvalue weighted by Gasteiger charge is 2.19. The van der Waals surface area contributed by atoms with Crippen molar-refractivity contribution in [3.63, 3.8) is 0 Å². The maximum atomic E-state index is 12.4. The zero-order chi connectivity index (χ0) is 18.3. The predicted octanol–water partition coefficient (Wildman–Crippen LogP) is 2.18. The second-order valence-corrected chi connectivity index (χ2v) is 7.89. The van der Waals surface area contributed by atoms with Crippen LogP contribution in [0.4, 0.5) is 0 Å². The predicted molar refractivity (Wildman–Crippen MR) is 94.7 cm³/mol. The van der Waals surface area contributed by atoms with Gasteiger partial charge in [-0.15, -0.1) is 0 Å². The van der Waals surface area contributed by atoms with E-state index in [2.05, 4.69) is 35.3 Å². The van der Waals surface area contributed by atoms with E-state index in [9.17, 15) is 13.2 Å². The van der Waals surface area contributed by atoms with E-state index in [1.165, 1.54) is 13.2 Å². The van der Waals surface area contributed by atoms with Crippen LogP contribution in [0.3, 0.4) is 0 Å². The zero-order valence-corrected chi connectivity index (χ0v) is 15.9. The molecule has 0 saturated carbocycles. The molecule has 0 aliphatic rings. The van der Waals surface area contributed by atoms with Crippen molar-refractivity contribution in [2.24, 2.45) is 0 Å². The summed E-state index contributed by atoms with van der Waals surface area (Å²) < 4.78 is 32.1. The van der Waals surface area contributed by atoms with Crippen LogP contribution in [-0.4, -0.2) is 52.6 Å².